The fourth-order valence-corrected chi connectivity index (χ4v) is 8.55. The van der Waals surface area contributed by atoms with Gasteiger partial charge in [-0.05, 0) is 103 Å². The summed E-state index contributed by atoms with van der Waals surface area (Å²) in [5, 5.41) is 21.1. The average molecular weight is 566 g/mol. The summed E-state index contributed by atoms with van der Waals surface area (Å²) in [6.07, 6.45) is 6.64. The van der Waals surface area contributed by atoms with Gasteiger partial charge in [-0.3, -0.25) is 4.79 Å². The molecule has 3 aliphatic rings. The number of carbonyl (C=O) groups excluding carboxylic acids is 1. The van der Waals surface area contributed by atoms with Crippen LogP contribution >= 0.6 is 0 Å². The molecule has 3 aliphatic carbocycles. The highest BCUT2D eigenvalue weighted by atomic mass is 19.1. The zero-order valence-electron chi connectivity index (χ0n) is 24.8. The number of amides is 1. The van der Waals surface area contributed by atoms with Gasteiger partial charge in [-0.1, -0.05) is 49.7 Å². The Bertz CT molecular complexity index is 1160. The summed E-state index contributed by atoms with van der Waals surface area (Å²) < 4.78 is 21.3. The molecule has 2 N–H and O–H groups in total. The van der Waals surface area contributed by atoms with Gasteiger partial charge >= 0.3 is 0 Å². The van der Waals surface area contributed by atoms with E-state index in [2.05, 4.69) is 19.1 Å². The molecular formula is C35H48FNO4. The van der Waals surface area contributed by atoms with E-state index in [4.69, 9.17) is 4.74 Å². The first kappa shape index (κ1) is 30.0. The predicted molar refractivity (Wildman–Crippen MR) is 160 cm³/mol. The molecule has 41 heavy (non-hydrogen) atoms. The van der Waals surface area contributed by atoms with Crippen LogP contribution in [-0.4, -0.2) is 60.1 Å². The van der Waals surface area contributed by atoms with Gasteiger partial charge in [-0.15, -0.1) is 0 Å². The van der Waals surface area contributed by atoms with Crippen molar-refractivity contribution in [1.29, 1.82) is 0 Å². The number of hydrogen-bond donors (Lipinski definition) is 2. The Labute approximate surface area is 245 Å². The van der Waals surface area contributed by atoms with Gasteiger partial charge in [0.15, 0.2) is 0 Å². The molecule has 0 spiro atoms. The van der Waals surface area contributed by atoms with E-state index in [1.165, 1.54) is 5.56 Å². The van der Waals surface area contributed by atoms with E-state index < -0.39 is 12.3 Å². The van der Waals surface area contributed by atoms with Crippen LogP contribution in [0.3, 0.4) is 0 Å². The van der Waals surface area contributed by atoms with Crippen molar-refractivity contribution < 1.29 is 24.1 Å². The molecule has 1 amide bonds. The molecule has 5 rings (SSSR count). The third-order valence-corrected chi connectivity index (χ3v) is 10.6. The van der Waals surface area contributed by atoms with E-state index >= 15 is 4.39 Å². The summed E-state index contributed by atoms with van der Waals surface area (Å²) in [7, 11) is 1.67. The second-order valence-electron chi connectivity index (χ2n) is 13.1. The molecule has 0 saturated heterocycles. The molecule has 0 bridgehead atoms. The molecule has 6 heteroatoms. The Morgan fingerprint density at radius 2 is 1.90 bits per heavy atom. The van der Waals surface area contributed by atoms with Crippen molar-refractivity contribution in [2.75, 3.05) is 26.8 Å². The summed E-state index contributed by atoms with van der Waals surface area (Å²) in [5.41, 5.74) is 3.04. The first-order valence-corrected chi connectivity index (χ1v) is 15.8. The maximum atomic E-state index is 16.0. The highest BCUT2D eigenvalue weighted by Gasteiger charge is 2.59. The molecule has 0 radical (unpaired) electrons. The summed E-state index contributed by atoms with van der Waals surface area (Å²) in [5.74, 6) is 1.07. The number of halogens is 1. The van der Waals surface area contributed by atoms with Crippen molar-refractivity contribution in [3.05, 3.63) is 65.2 Å². The number of phenols is 1. The Morgan fingerprint density at radius 3 is 2.68 bits per heavy atom. The first-order valence-electron chi connectivity index (χ1n) is 15.8. The van der Waals surface area contributed by atoms with Crippen LogP contribution in [0.15, 0.2) is 48.5 Å². The minimum Gasteiger partial charge on any atom is -0.508 e. The Balaban J connectivity index is 1.22. The monoisotopic (exact) mass is 565 g/mol. The largest absolute Gasteiger partial charge is 0.508 e. The second-order valence-corrected chi connectivity index (χ2v) is 13.1. The van der Waals surface area contributed by atoms with Gasteiger partial charge in [0.25, 0.3) is 0 Å². The number of carbonyl (C=O) groups is 1. The minimum atomic E-state index is -0.988. The molecule has 5 nitrogen and oxygen atoms in total. The van der Waals surface area contributed by atoms with E-state index in [0.29, 0.717) is 44.4 Å². The summed E-state index contributed by atoms with van der Waals surface area (Å²) in [4.78, 5) is 15.1. The van der Waals surface area contributed by atoms with Gasteiger partial charge in [0.2, 0.25) is 5.91 Å². The number of aryl methyl sites for hydroxylation is 1. The third kappa shape index (κ3) is 6.49. The van der Waals surface area contributed by atoms with E-state index in [-0.39, 0.29) is 28.9 Å². The normalized spacial score (nSPS) is 30.3. The first-order chi connectivity index (χ1) is 19.8. The lowest BCUT2D eigenvalue weighted by Gasteiger charge is -2.54. The molecule has 0 heterocycles. The van der Waals surface area contributed by atoms with Gasteiger partial charge in [0.05, 0.1) is 12.7 Å². The summed E-state index contributed by atoms with van der Waals surface area (Å²) in [6, 6.07) is 15.8. The standard InChI is InChI=1S/C35H48FNO4/c1-35-23-30(36)34-28-15-14-27(38)22-26(28)21-25(33(34)29(35)16-17-31(35)39)12-6-7-18-37(19-20-41-2)32(40)13-8-11-24-9-4-3-5-10-24/h3-5,9-10,14-15,22,25,29-31,33-34,38-39H,6-8,11-13,16-21,23H2,1-2H3/t25-,29+,30+,31+,33+,34+,35+/m1/s1. The number of unbranched alkanes of at least 4 members (excludes halogenated alkanes) is 1. The van der Waals surface area contributed by atoms with Crippen molar-refractivity contribution in [3.8, 4) is 5.75 Å². The molecule has 2 saturated carbocycles. The molecule has 0 aliphatic heterocycles. The highest BCUT2D eigenvalue weighted by molar-refractivity contribution is 5.76. The molecule has 0 aromatic heterocycles. The van der Waals surface area contributed by atoms with Gasteiger partial charge < -0.3 is 19.8 Å². The lowest BCUT2D eigenvalue weighted by molar-refractivity contribution is -0.132. The van der Waals surface area contributed by atoms with Crippen LogP contribution in [0, 0.1) is 23.2 Å². The van der Waals surface area contributed by atoms with Crippen LogP contribution in [0.2, 0.25) is 0 Å². The molecule has 7 atom stereocenters. The van der Waals surface area contributed by atoms with Crippen molar-refractivity contribution in [3.63, 3.8) is 0 Å². The smallest absolute Gasteiger partial charge is 0.222 e. The number of aliphatic hydroxyl groups is 1. The molecule has 224 valence electrons. The summed E-state index contributed by atoms with van der Waals surface area (Å²) >= 11 is 0. The Morgan fingerprint density at radius 1 is 1.10 bits per heavy atom. The van der Waals surface area contributed by atoms with E-state index in [1.54, 1.807) is 13.2 Å². The Hall–Kier alpha value is -2.44. The van der Waals surface area contributed by atoms with Gasteiger partial charge in [-0.25, -0.2) is 4.39 Å². The van der Waals surface area contributed by atoms with Crippen molar-refractivity contribution in [1.82, 2.24) is 4.90 Å². The number of rotatable bonds is 12. The summed E-state index contributed by atoms with van der Waals surface area (Å²) in [6.45, 7) is 3.94. The molecule has 0 unspecified atom stereocenters. The zero-order chi connectivity index (χ0) is 29.0. The molecule has 2 aromatic carbocycles. The number of methoxy groups -OCH3 is 1. The lowest BCUT2D eigenvalue weighted by atomic mass is 9.51. The quantitative estimate of drug-likeness (QED) is 0.290. The van der Waals surface area contributed by atoms with Crippen LogP contribution in [0.1, 0.15) is 80.9 Å². The fraction of sp³-hybridized carbons (Fsp3) is 0.629. The number of hydrogen-bond acceptors (Lipinski definition) is 4. The minimum absolute atomic E-state index is 0.169. The number of phenolic OH excluding ortho intramolecular Hbond substituents is 1. The van der Waals surface area contributed by atoms with E-state index in [1.807, 2.05) is 35.2 Å². The van der Waals surface area contributed by atoms with E-state index in [9.17, 15) is 15.0 Å². The maximum Gasteiger partial charge on any atom is 0.222 e. The number of aliphatic hydroxyl groups excluding tert-OH is 1. The second kappa shape index (κ2) is 13.2. The van der Waals surface area contributed by atoms with Gasteiger partial charge in [0.1, 0.15) is 11.9 Å². The van der Waals surface area contributed by atoms with Crippen molar-refractivity contribution in [2.45, 2.75) is 89.3 Å². The van der Waals surface area contributed by atoms with Crippen LogP contribution in [0.4, 0.5) is 4.39 Å². The number of nitrogens with zero attached hydrogens (tertiary/aromatic N) is 1. The van der Waals surface area contributed by atoms with E-state index in [0.717, 1.165) is 62.5 Å². The zero-order valence-corrected chi connectivity index (χ0v) is 24.8. The average Bonchev–Trinajstić information content (AvgIpc) is 3.25. The van der Waals surface area contributed by atoms with Crippen LogP contribution in [0.25, 0.3) is 0 Å². The number of aromatic hydroxyl groups is 1. The van der Waals surface area contributed by atoms with Crippen molar-refractivity contribution >= 4 is 5.91 Å². The van der Waals surface area contributed by atoms with Crippen LogP contribution < -0.4 is 0 Å². The number of fused-ring (bicyclic) bond motifs is 5. The molecular weight excluding hydrogens is 517 g/mol. The molecule has 2 aromatic rings. The fourth-order valence-electron chi connectivity index (χ4n) is 8.55. The van der Waals surface area contributed by atoms with Crippen molar-refractivity contribution in [2.24, 2.45) is 23.2 Å². The lowest BCUT2D eigenvalue weighted by Crippen LogP contribution is -2.51. The van der Waals surface area contributed by atoms with Crippen LogP contribution in [-0.2, 0) is 22.4 Å². The Kier molecular flexibility index (Phi) is 9.70. The number of ether oxygens (including phenoxy) is 1. The molecule has 2 fully saturated rings. The predicted octanol–water partition coefficient (Wildman–Crippen LogP) is 6.45. The number of benzene rings is 2. The maximum absolute atomic E-state index is 16.0. The highest BCUT2D eigenvalue weighted by Crippen LogP contribution is 2.63. The van der Waals surface area contributed by atoms with Gasteiger partial charge in [0, 0.05) is 32.5 Å². The SMILES string of the molecule is COCCN(CCCC[C@@H]1Cc2cc(O)ccc2[C@@H]2[C@@H]1[C@@H]1CC[C@H](O)[C@@]1(C)C[C@@H]2F)C(=O)CCCc1ccccc1. The third-order valence-electron chi connectivity index (χ3n) is 10.6. The van der Waals surface area contributed by atoms with Gasteiger partial charge in [-0.2, -0.15) is 0 Å². The number of alkyl halides is 1. The van der Waals surface area contributed by atoms with Crippen LogP contribution in [0.5, 0.6) is 5.75 Å². The topological polar surface area (TPSA) is 70.0 Å².